The number of likely N-dealkylation sites (N-methyl/N-ethyl adjacent to an activating group) is 1. The summed E-state index contributed by atoms with van der Waals surface area (Å²) in [5.74, 6) is -0.0791. The van der Waals surface area contributed by atoms with Crippen molar-refractivity contribution < 1.29 is 23.9 Å². The van der Waals surface area contributed by atoms with Crippen LogP contribution in [0.4, 0.5) is 16.3 Å². The molecular formula is C25H36N6O5. The van der Waals surface area contributed by atoms with Gasteiger partial charge in [-0.25, -0.2) is 14.8 Å². The van der Waals surface area contributed by atoms with Gasteiger partial charge in [0.1, 0.15) is 17.4 Å². The number of ether oxygens (including phenoxy) is 2. The second kappa shape index (κ2) is 12.7. The van der Waals surface area contributed by atoms with Gasteiger partial charge in [0.15, 0.2) is 11.5 Å². The molecule has 2 aromatic rings. The quantitative estimate of drug-likeness (QED) is 0.399. The van der Waals surface area contributed by atoms with Crippen LogP contribution in [0.1, 0.15) is 57.2 Å². The number of primary amides is 1. The van der Waals surface area contributed by atoms with Gasteiger partial charge in [0.2, 0.25) is 5.91 Å². The van der Waals surface area contributed by atoms with E-state index < -0.39 is 23.6 Å². The minimum atomic E-state index is -0.677. The monoisotopic (exact) mass is 500 g/mol. The molecule has 4 N–H and O–H groups in total. The first-order chi connectivity index (χ1) is 16.9. The van der Waals surface area contributed by atoms with E-state index >= 15 is 0 Å². The number of hydrogen-bond acceptors (Lipinski definition) is 8. The van der Waals surface area contributed by atoms with E-state index in [9.17, 15) is 14.4 Å². The first-order valence-corrected chi connectivity index (χ1v) is 11.8. The summed E-state index contributed by atoms with van der Waals surface area (Å²) < 4.78 is 11.1. The largest absolute Gasteiger partial charge is 0.493 e. The normalized spacial score (nSPS) is 11.8. The average Bonchev–Trinajstić information content (AvgIpc) is 2.82. The highest BCUT2D eigenvalue weighted by atomic mass is 16.6. The molecule has 0 fully saturated rings. The van der Waals surface area contributed by atoms with E-state index in [1.54, 1.807) is 58.2 Å². The van der Waals surface area contributed by atoms with Gasteiger partial charge in [0.25, 0.3) is 5.91 Å². The van der Waals surface area contributed by atoms with Crippen LogP contribution in [-0.4, -0.2) is 64.6 Å². The average molecular weight is 501 g/mol. The molecule has 0 aliphatic carbocycles. The molecule has 11 nitrogen and oxygen atoms in total. The maximum atomic E-state index is 12.4. The van der Waals surface area contributed by atoms with Crippen LogP contribution >= 0.6 is 0 Å². The maximum absolute atomic E-state index is 12.4. The van der Waals surface area contributed by atoms with Gasteiger partial charge in [0.05, 0.1) is 18.5 Å². The van der Waals surface area contributed by atoms with Crippen molar-refractivity contribution in [3.05, 3.63) is 41.9 Å². The van der Waals surface area contributed by atoms with Gasteiger partial charge >= 0.3 is 6.09 Å². The van der Waals surface area contributed by atoms with Gasteiger partial charge in [-0.3, -0.25) is 14.5 Å². The minimum Gasteiger partial charge on any atom is -0.493 e. The lowest BCUT2D eigenvalue weighted by Crippen LogP contribution is -2.47. The smallest absolute Gasteiger partial charge is 0.410 e. The highest BCUT2D eigenvalue weighted by molar-refractivity contribution is 5.96. The van der Waals surface area contributed by atoms with Crippen LogP contribution in [0, 0.1) is 0 Å². The Morgan fingerprint density at radius 1 is 1.22 bits per heavy atom. The van der Waals surface area contributed by atoms with Crippen molar-refractivity contribution in [2.45, 2.75) is 59.1 Å². The van der Waals surface area contributed by atoms with Crippen molar-refractivity contribution in [3.8, 4) is 5.75 Å². The van der Waals surface area contributed by atoms with Gasteiger partial charge in [0, 0.05) is 25.3 Å². The van der Waals surface area contributed by atoms with Crippen molar-refractivity contribution in [1.29, 1.82) is 0 Å². The van der Waals surface area contributed by atoms with Crippen LogP contribution in [0.25, 0.3) is 0 Å². The summed E-state index contributed by atoms with van der Waals surface area (Å²) in [6, 6.07) is 6.48. The number of carbonyl (C=O) groups excluding carboxylic acids is 3. The molecule has 1 atom stereocenters. The number of nitrogens with zero attached hydrogens (tertiary/aromatic N) is 3. The number of aryl methyl sites for hydroxylation is 1. The second-order valence-corrected chi connectivity index (χ2v) is 9.19. The molecule has 1 aromatic heterocycles. The van der Waals surface area contributed by atoms with Crippen LogP contribution < -0.4 is 21.1 Å². The van der Waals surface area contributed by atoms with Crippen molar-refractivity contribution in [3.63, 3.8) is 0 Å². The zero-order chi connectivity index (χ0) is 26.9. The number of anilines is 2. The summed E-state index contributed by atoms with van der Waals surface area (Å²) in [4.78, 5) is 46.0. The standard InChI is InChI=1S/C25H36N6O5/c1-7-17-15-28-22(20(29-17)21(26)32)30-18-10-8-11-19(14-18)35-13-9-12-27-23(33)16(2)31(6)24(34)36-25(3,4)5/h8,10-11,14-16H,7,9,12-13H2,1-6H3,(H2,26,32)(H,27,33)(H,28,30)/t16-/m0/s1. The number of nitrogens with one attached hydrogen (secondary N) is 2. The fourth-order valence-corrected chi connectivity index (χ4v) is 2.95. The van der Waals surface area contributed by atoms with Gasteiger partial charge in [-0.05, 0) is 52.7 Å². The Labute approximate surface area is 211 Å². The summed E-state index contributed by atoms with van der Waals surface area (Å²) in [5, 5.41) is 5.85. The third kappa shape index (κ3) is 8.71. The summed E-state index contributed by atoms with van der Waals surface area (Å²) in [6.45, 7) is 9.60. The molecule has 0 unspecified atom stereocenters. The number of aromatic nitrogens is 2. The molecule has 11 heteroatoms. The van der Waals surface area contributed by atoms with Crippen molar-refractivity contribution in [2.75, 3.05) is 25.5 Å². The number of rotatable bonds is 11. The van der Waals surface area contributed by atoms with Gasteiger partial charge in [-0.2, -0.15) is 0 Å². The molecule has 36 heavy (non-hydrogen) atoms. The predicted octanol–water partition coefficient (Wildman–Crippen LogP) is 3.02. The number of hydrogen-bond donors (Lipinski definition) is 3. The van der Waals surface area contributed by atoms with Crippen molar-refractivity contribution >= 4 is 29.4 Å². The van der Waals surface area contributed by atoms with E-state index in [-0.39, 0.29) is 17.4 Å². The topological polar surface area (TPSA) is 149 Å². The number of amides is 3. The maximum Gasteiger partial charge on any atom is 0.410 e. The van der Waals surface area contributed by atoms with E-state index in [0.717, 1.165) is 0 Å². The summed E-state index contributed by atoms with van der Waals surface area (Å²) in [6.07, 6.45) is 2.23. The molecule has 2 rings (SSSR count). The van der Waals surface area contributed by atoms with Gasteiger partial charge in [-0.15, -0.1) is 0 Å². The highest BCUT2D eigenvalue weighted by Crippen LogP contribution is 2.22. The Kier molecular flexibility index (Phi) is 10.0. The van der Waals surface area contributed by atoms with E-state index in [2.05, 4.69) is 20.6 Å². The Hall–Kier alpha value is -3.89. The van der Waals surface area contributed by atoms with Gasteiger partial charge < -0.3 is 25.8 Å². The molecule has 0 saturated heterocycles. The third-order valence-electron chi connectivity index (χ3n) is 5.05. The zero-order valence-electron chi connectivity index (χ0n) is 21.8. The first-order valence-electron chi connectivity index (χ1n) is 11.8. The van der Waals surface area contributed by atoms with Crippen molar-refractivity contribution in [2.24, 2.45) is 5.73 Å². The molecule has 1 heterocycles. The molecular weight excluding hydrogens is 464 g/mol. The lowest BCUT2D eigenvalue weighted by molar-refractivity contribution is -0.125. The van der Waals surface area contributed by atoms with Crippen LogP contribution in [0.3, 0.4) is 0 Å². The Balaban J connectivity index is 1.83. The van der Waals surface area contributed by atoms with Gasteiger partial charge in [-0.1, -0.05) is 13.0 Å². The number of benzene rings is 1. The molecule has 0 radical (unpaired) electrons. The molecule has 1 aromatic carbocycles. The third-order valence-corrected chi connectivity index (χ3v) is 5.05. The number of carbonyl (C=O) groups is 3. The molecule has 0 saturated carbocycles. The molecule has 0 spiro atoms. The molecule has 196 valence electrons. The SMILES string of the molecule is CCc1cnc(Nc2cccc(OCCCNC(=O)[C@H](C)N(C)C(=O)OC(C)(C)C)c2)c(C(N)=O)n1. The molecule has 0 bridgehead atoms. The lowest BCUT2D eigenvalue weighted by Gasteiger charge is -2.28. The van der Waals surface area contributed by atoms with E-state index in [4.69, 9.17) is 15.2 Å². The Morgan fingerprint density at radius 2 is 1.94 bits per heavy atom. The Bertz CT molecular complexity index is 1070. The van der Waals surface area contributed by atoms with Crippen molar-refractivity contribution in [1.82, 2.24) is 20.2 Å². The van der Waals surface area contributed by atoms with E-state index in [1.807, 2.05) is 6.92 Å². The van der Waals surface area contributed by atoms with Crippen LogP contribution in [0.2, 0.25) is 0 Å². The van der Waals surface area contributed by atoms with Crippen LogP contribution in [0.15, 0.2) is 30.5 Å². The highest BCUT2D eigenvalue weighted by Gasteiger charge is 2.26. The summed E-state index contributed by atoms with van der Waals surface area (Å²) >= 11 is 0. The molecule has 3 amide bonds. The summed E-state index contributed by atoms with van der Waals surface area (Å²) in [7, 11) is 1.53. The Morgan fingerprint density at radius 3 is 2.58 bits per heavy atom. The molecule has 0 aliphatic rings. The minimum absolute atomic E-state index is 0.0722. The fraction of sp³-hybridized carbons (Fsp3) is 0.480. The number of nitrogens with two attached hydrogens (primary N) is 1. The van der Waals surface area contributed by atoms with Crippen LogP contribution in [-0.2, 0) is 16.0 Å². The second-order valence-electron chi connectivity index (χ2n) is 9.19. The summed E-state index contributed by atoms with van der Waals surface area (Å²) in [5.41, 5.74) is 6.21. The molecule has 0 aliphatic heterocycles. The fourth-order valence-electron chi connectivity index (χ4n) is 2.95. The van der Waals surface area contributed by atoms with E-state index in [0.29, 0.717) is 43.1 Å². The zero-order valence-corrected chi connectivity index (χ0v) is 21.8. The predicted molar refractivity (Wildman–Crippen MR) is 136 cm³/mol. The lowest BCUT2D eigenvalue weighted by atomic mass is 10.2. The van der Waals surface area contributed by atoms with E-state index in [1.165, 1.54) is 11.9 Å². The first kappa shape index (κ1) is 28.3. The van der Waals surface area contributed by atoms with Crippen LogP contribution in [0.5, 0.6) is 5.75 Å².